The van der Waals surface area contributed by atoms with E-state index in [9.17, 15) is 0 Å². The van der Waals surface area contributed by atoms with E-state index in [2.05, 4.69) is 0 Å². The molecule has 0 aromatic rings. The maximum absolute atomic E-state index is 5.65. The molecule has 1 saturated heterocycles. The van der Waals surface area contributed by atoms with E-state index in [0.717, 1.165) is 6.42 Å². The topological polar surface area (TPSA) is 27.7 Å². The molecule has 0 N–H and O–H groups in total. The highest BCUT2D eigenvalue weighted by Crippen LogP contribution is 2.28. The summed E-state index contributed by atoms with van der Waals surface area (Å²) in [6.45, 7) is 4.49. The van der Waals surface area contributed by atoms with Crippen LogP contribution in [0.2, 0.25) is 0 Å². The summed E-state index contributed by atoms with van der Waals surface area (Å²) in [6, 6.07) is 0. The second-order valence-corrected chi connectivity index (χ2v) is 3.65. The van der Waals surface area contributed by atoms with Crippen LogP contribution in [0.5, 0.6) is 0 Å². The minimum atomic E-state index is -0.434. The zero-order chi connectivity index (χ0) is 8.60. The van der Waals surface area contributed by atoms with Crippen LogP contribution in [-0.4, -0.2) is 24.6 Å². The summed E-state index contributed by atoms with van der Waals surface area (Å²) < 4.78 is 16.4. The lowest BCUT2D eigenvalue weighted by Gasteiger charge is -2.20. The molecule has 0 aromatic heterocycles. The molecule has 2 atom stereocenters. The van der Waals surface area contributed by atoms with E-state index in [-0.39, 0.29) is 12.2 Å². The zero-order valence-electron chi connectivity index (χ0n) is 7.45. The highest BCUT2D eigenvalue weighted by Gasteiger charge is 2.38. The molecule has 0 saturated carbocycles. The van der Waals surface area contributed by atoms with Gasteiger partial charge in [0.2, 0.25) is 0 Å². The van der Waals surface area contributed by atoms with E-state index in [1.165, 1.54) is 0 Å². The second-order valence-electron chi connectivity index (χ2n) is 3.65. The van der Waals surface area contributed by atoms with Crippen LogP contribution in [0.25, 0.3) is 0 Å². The molecule has 0 unspecified atom stereocenters. The normalized spacial score (nSPS) is 38.5. The lowest BCUT2D eigenvalue weighted by atomic mass is 10.2. The van der Waals surface area contributed by atoms with E-state index in [1.54, 1.807) is 6.26 Å². The Morgan fingerprint density at radius 2 is 2.17 bits per heavy atom. The number of hydrogen-bond acceptors (Lipinski definition) is 3. The molecule has 2 aliphatic heterocycles. The van der Waals surface area contributed by atoms with Crippen LogP contribution in [0.4, 0.5) is 0 Å². The Kier molecular flexibility index (Phi) is 1.85. The Balaban J connectivity index is 1.91. The van der Waals surface area contributed by atoms with Crippen molar-refractivity contribution in [2.24, 2.45) is 0 Å². The second kappa shape index (κ2) is 2.75. The number of hydrogen-bond donors (Lipinski definition) is 0. The Bertz CT molecular complexity index is 190. The van der Waals surface area contributed by atoms with Crippen LogP contribution in [-0.2, 0) is 14.2 Å². The summed E-state index contributed by atoms with van der Waals surface area (Å²) in [7, 11) is 0. The molecule has 2 rings (SSSR count). The summed E-state index contributed by atoms with van der Waals surface area (Å²) >= 11 is 0. The molecule has 3 nitrogen and oxygen atoms in total. The van der Waals surface area contributed by atoms with Crippen molar-refractivity contribution in [1.29, 1.82) is 0 Å². The summed E-state index contributed by atoms with van der Waals surface area (Å²) in [4.78, 5) is 0. The summed E-state index contributed by atoms with van der Waals surface area (Å²) in [5.41, 5.74) is 0. The molecular weight excluding hydrogens is 156 g/mol. The van der Waals surface area contributed by atoms with Crippen LogP contribution >= 0.6 is 0 Å². The third-order valence-corrected chi connectivity index (χ3v) is 2.16. The van der Waals surface area contributed by atoms with Crippen LogP contribution in [0, 0.1) is 0 Å². The van der Waals surface area contributed by atoms with Gasteiger partial charge in [-0.3, -0.25) is 0 Å². The van der Waals surface area contributed by atoms with E-state index < -0.39 is 5.79 Å². The Labute approximate surface area is 72.3 Å². The van der Waals surface area contributed by atoms with Crippen LogP contribution in [0.1, 0.15) is 20.3 Å². The average Bonchev–Trinajstić information content (AvgIpc) is 2.55. The van der Waals surface area contributed by atoms with Gasteiger partial charge in [0.15, 0.2) is 5.79 Å². The van der Waals surface area contributed by atoms with Gasteiger partial charge in [0.1, 0.15) is 12.2 Å². The first-order valence-corrected chi connectivity index (χ1v) is 4.30. The molecule has 2 heterocycles. The lowest BCUT2D eigenvalue weighted by Crippen LogP contribution is -2.30. The number of rotatable bonds is 1. The van der Waals surface area contributed by atoms with Crippen molar-refractivity contribution in [3.05, 3.63) is 12.3 Å². The number of ether oxygens (including phenoxy) is 3. The molecule has 68 valence electrons. The largest absolute Gasteiger partial charge is 0.495 e. The van der Waals surface area contributed by atoms with Crippen LogP contribution in [0.15, 0.2) is 12.3 Å². The van der Waals surface area contributed by atoms with Crippen molar-refractivity contribution in [3.63, 3.8) is 0 Å². The molecule has 0 radical (unpaired) electrons. The molecule has 1 fully saturated rings. The smallest absolute Gasteiger partial charge is 0.163 e. The minimum Gasteiger partial charge on any atom is -0.495 e. The van der Waals surface area contributed by atoms with Gasteiger partial charge in [-0.25, -0.2) is 0 Å². The van der Waals surface area contributed by atoms with Gasteiger partial charge in [-0.15, -0.1) is 0 Å². The van der Waals surface area contributed by atoms with Gasteiger partial charge in [0.05, 0.1) is 12.9 Å². The lowest BCUT2D eigenvalue weighted by molar-refractivity contribution is -0.149. The molecule has 0 spiro atoms. The first-order valence-electron chi connectivity index (χ1n) is 4.30. The molecule has 0 amide bonds. The monoisotopic (exact) mass is 170 g/mol. The third-order valence-electron chi connectivity index (χ3n) is 2.16. The fourth-order valence-corrected chi connectivity index (χ4v) is 1.54. The minimum absolute atomic E-state index is 0.0926. The fourth-order valence-electron chi connectivity index (χ4n) is 1.54. The highest BCUT2D eigenvalue weighted by molar-refractivity contribution is 4.92. The van der Waals surface area contributed by atoms with Crippen molar-refractivity contribution in [2.45, 2.75) is 38.3 Å². The van der Waals surface area contributed by atoms with Gasteiger partial charge in [0.25, 0.3) is 0 Å². The molecule has 12 heavy (non-hydrogen) atoms. The van der Waals surface area contributed by atoms with Gasteiger partial charge >= 0.3 is 0 Å². The molecule has 0 bridgehead atoms. The Hall–Kier alpha value is -0.540. The van der Waals surface area contributed by atoms with Crippen molar-refractivity contribution in [1.82, 2.24) is 0 Å². The van der Waals surface area contributed by atoms with Gasteiger partial charge in [-0.1, -0.05) is 0 Å². The molecular formula is C9H14O3. The van der Waals surface area contributed by atoms with Gasteiger partial charge < -0.3 is 14.2 Å². The highest BCUT2D eigenvalue weighted by atomic mass is 16.7. The van der Waals surface area contributed by atoms with Gasteiger partial charge in [0, 0.05) is 6.42 Å². The maximum Gasteiger partial charge on any atom is 0.163 e. The molecule has 0 aliphatic carbocycles. The Morgan fingerprint density at radius 1 is 1.33 bits per heavy atom. The van der Waals surface area contributed by atoms with E-state index in [4.69, 9.17) is 14.2 Å². The van der Waals surface area contributed by atoms with E-state index in [0.29, 0.717) is 6.61 Å². The van der Waals surface area contributed by atoms with Crippen LogP contribution < -0.4 is 0 Å². The van der Waals surface area contributed by atoms with Crippen LogP contribution in [0.3, 0.4) is 0 Å². The quantitative estimate of drug-likeness (QED) is 0.596. The van der Waals surface area contributed by atoms with Gasteiger partial charge in [-0.2, -0.15) is 0 Å². The van der Waals surface area contributed by atoms with E-state index in [1.807, 2.05) is 19.9 Å². The maximum atomic E-state index is 5.65. The first-order chi connectivity index (χ1) is 5.67. The summed E-state index contributed by atoms with van der Waals surface area (Å²) in [5, 5.41) is 0. The summed E-state index contributed by atoms with van der Waals surface area (Å²) in [6.07, 6.45) is 4.93. The zero-order valence-corrected chi connectivity index (χ0v) is 7.45. The predicted molar refractivity (Wildman–Crippen MR) is 43.5 cm³/mol. The SMILES string of the molecule is CC1(C)OC[C@H]([C@@H]2CC=CO2)O1. The fraction of sp³-hybridized carbons (Fsp3) is 0.778. The molecule has 2 aliphatic rings. The first kappa shape index (κ1) is 8.08. The van der Waals surface area contributed by atoms with Crippen molar-refractivity contribution in [2.75, 3.05) is 6.61 Å². The molecule has 0 aromatic carbocycles. The van der Waals surface area contributed by atoms with Crippen molar-refractivity contribution >= 4 is 0 Å². The standard InChI is InChI=1S/C9H14O3/c1-9(2)11-6-8(12-9)7-4-3-5-10-7/h3,5,7-8H,4,6H2,1-2H3/t7-,8+/m0/s1. The Morgan fingerprint density at radius 3 is 2.67 bits per heavy atom. The van der Waals surface area contributed by atoms with Crippen molar-refractivity contribution in [3.8, 4) is 0 Å². The third kappa shape index (κ3) is 1.47. The van der Waals surface area contributed by atoms with Crippen molar-refractivity contribution < 1.29 is 14.2 Å². The summed E-state index contributed by atoms with van der Waals surface area (Å²) in [5.74, 6) is -0.434. The molecule has 3 heteroatoms. The predicted octanol–water partition coefficient (Wildman–Crippen LogP) is 1.44. The average molecular weight is 170 g/mol. The van der Waals surface area contributed by atoms with E-state index >= 15 is 0 Å². The van der Waals surface area contributed by atoms with Gasteiger partial charge in [-0.05, 0) is 19.9 Å².